The number of methoxy groups -OCH3 is 1. The van der Waals surface area contributed by atoms with Gasteiger partial charge in [-0.2, -0.15) is 0 Å². The number of hydrogen-bond donors (Lipinski definition) is 0. The molecule has 6 rings (SSSR count). The topological polar surface area (TPSA) is 74.8 Å². The summed E-state index contributed by atoms with van der Waals surface area (Å²) in [4.78, 5) is 32.7. The fourth-order valence-electron chi connectivity index (χ4n) is 5.73. The fraction of sp³-hybridized carbons (Fsp3) is 0.206. The quantitative estimate of drug-likeness (QED) is 0.198. The van der Waals surface area contributed by atoms with E-state index in [0.29, 0.717) is 48.5 Å². The van der Waals surface area contributed by atoms with Crippen LogP contribution in [0.5, 0.6) is 5.75 Å². The summed E-state index contributed by atoms with van der Waals surface area (Å²) in [5.74, 6) is -0.161. The molecule has 0 aliphatic carbocycles. The Labute approximate surface area is 265 Å². The van der Waals surface area contributed by atoms with E-state index in [-0.39, 0.29) is 18.0 Å². The largest absolute Gasteiger partial charge is 0.496 e. The molecule has 10 heteroatoms. The number of benzene rings is 3. The Morgan fingerprint density at radius 3 is 2.59 bits per heavy atom. The molecule has 0 spiro atoms. The number of halogens is 2. The van der Waals surface area contributed by atoms with Crippen LogP contribution in [-0.4, -0.2) is 28.8 Å². The zero-order valence-corrected chi connectivity index (χ0v) is 27.0. The summed E-state index contributed by atoms with van der Waals surface area (Å²) >= 11 is 4.82. The Kier molecular flexibility index (Phi) is 8.13. The molecule has 3 aromatic carbocycles. The van der Waals surface area contributed by atoms with Gasteiger partial charge in [0.2, 0.25) is 0 Å². The molecule has 3 heterocycles. The minimum atomic E-state index is -0.752. The Morgan fingerprint density at radius 2 is 1.86 bits per heavy atom. The number of carbonyl (C=O) groups is 1. The van der Waals surface area contributed by atoms with E-state index in [0.717, 1.165) is 22.2 Å². The number of nitrogens with zero attached hydrogens (tertiary/aromatic N) is 3. The van der Waals surface area contributed by atoms with Gasteiger partial charge in [-0.1, -0.05) is 53.8 Å². The zero-order valence-electron chi connectivity index (χ0n) is 24.6. The number of rotatable bonds is 7. The maximum Gasteiger partial charge on any atom is 0.338 e. The highest BCUT2D eigenvalue weighted by molar-refractivity contribution is 9.10. The van der Waals surface area contributed by atoms with Gasteiger partial charge in [-0.05, 0) is 72.6 Å². The number of ether oxygens (including phenoxy) is 2. The normalized spacial score (nSPS) is 15.0. The minimum absolute atomic E-state index is 0.190. The third-order valence-corrected chi connectivity index (χ3v) is 9.45. The predicted octanol–water partition coefficient (Wildman–Crippen LogP) is 6.02. The van der Waals surface area contributed by atoms with E-state index in [2.05, 4.69) is 20.5 Å². The molecule has 0 radical (unpaired) electrons. The highest BCUT2D eigenvalue weighted by atomic mass is 79.9. The second-order valence-electron chi connectivity index (χ2n) is 10.4. The summed E-state index contributed by atoms with van der Waals surface area (Å²) in [6, 6.07) is 19.4. The Hall–Kier alpha value is -4.28. The van der Waals surface area contributed by atoms with Crippen molar-refractivity contribution in [1.82, 2.24) is 9.13 Å². The van der Waals surface area contributed by atoms with Gasteiger partial charge < -0.3 is 14.0 Å². The standard InChI is InChI=1S/C34H29BrFN3O4S/c1-5-43-33(41)30-19(2)37-34-39(31(30)21-14-15-28(42-4)25(35)16-21)32(40)29(44-34)17-24-20(3)38(27-13-9-7-11-23(24)27)18-22-10-6-8-12-26(22)36/h6-17,31H,5,18H2,1-4H3/b29-17-/t31-/m1/s1. The monoisotopic (exact) mass is 673 g/mol. The molecule has 0 N–H and O–H groups in total. The molecule has 0 saturated carbocycles. The van der Waals surface area contributed by atoms with Crippen LogP contribution in [0.4, 0.5) is 4.39 Å². The summed E-state index contributed by atoms with van der Waals surface area (Å²) in [7, 11) is 1.58. The SMILES string of the molecule is CCOC(=O)C1=C(C)N=c2s/c(=C\c3c(C)n(Cc4ccccc4F)c4ccccc34)c(=O)n2[C@@H]1c1ccc(OC)c(Br)c1. The first-order valence-corrected chi connectivity index (χ1v) is 15.7. The number of aromatic nitrogens is 2. The third kappa shape index (κ3) is 5.11. The van der Waals surface area contributed by atoms with Crippen molar-refractivity contribution in [2.45, 2.75) is 33.4 Å². The highest BCUT2D eigenvalue weighted by Crippen LogP contribution is 2.35. The van der Waals surface area contributed by atoms with Crippen LogP contribution in [0.1, 0.15) is 42.3 Å². The van der Waals surface area contributed by atoms with Gasteiger partial charge in [0.1, 0.15) is 11.6 Å². The number of carbonyl (C=O) groups excluding carboxylic acids is 1. The van der Waals surface area contributed by atoms with Crippen molar-refractivity contribution in [1.29, 1.82) is 0 Å². The number of thiazole rings is 1. The molecular formula is C34H29BrFN3O4S. The maximum absolute atomic E-state index is 14.6. The summed E-state index contributed by atoms with van der Waals surface area (Å²) in [6.45, 7) is 6.02. The van der Waals surface area contributed by atoms with Crippen LogP contribution in [0.15, 0.2) is 92.3 Å². The van der Waals surface area contributed by atoms with Crippen LogP contribution in [0, 0.1) is 12.7 Å². The van der Waals surface area contributed by atoms with Crippen molar-refractivity contribution in [2.75, 3.05) is 13.7 Å². The lowest BCUT2D eigenvalue weighted by molar-refractivity contribution is -0.139. The zero-order chi connectivity index (χ0) is 31.1. The lowest BCUT2D eigenvalue weighted by atomic mass is 9.96. The van der Waals surface area contributed by atoms with Gasteiger partial charge in [0.15, 0.2) is 4.80 Å². The molecule has 1 aliphatic heterocycles. The van der Waals surface area contributed by atoms with Crippen LogP contribution in [0.25, 0.3) is 17.0 Å². The number of hydrogen-bond acceptors (Lipinski definition) is 6. The average molecular weight is 675 g/mol. The van der Waals surface area contributed by atoms with Crippen LogP contribution >= 0.6 is 27.3 Å². The summed E-state index contributed by atoms with van der Waals surface area (Å²) < 4.78 is 30.3. The van der Waals surface area contributed by atoms with E-state index < -0.39 is 12.0 Å². The number of allylic oxidation sites excluding steroid dienone is 1. The van der Waals surface area contributed by atoms with Gasteiger partial charge in [0.25, 0.3) is 5.56 Å². The van der Waals surface area contributed by atoms with Crippen LogP contribution in [0.2, 0.25) is 0 Å². The third-order valence-electron chi connectivity index (χ3n) is 7.85. The van der Waals surface area contributed by atoms with Crippen LogP contribution in [-0.2, 0) is 16.1 Å². The Balaban J connectivity index is 1.56. The second-order valence-corrected chi connectivity index (χ2v) is 12.3. The van der Waals surface area contributed by atoms with E-state index >= 15 is 0 Å². The van der Waals surface area contributed by atoms with Crippen LogP contribution in [0.3, 0.4) is 0 Å². The van der Waals surface area contributed by atoms with E-state index in [9.17, 15) is 14.0 Å². The number of para-hydroxylation sites is 1. The fourth-order valence-corrected chi connectivity index (χ4v) is 7.32. The molecular weight excluding hydrogens is 645 g/mol. The number of esters is 1. The molecule has 5 aromatic rings. The molecule has 0 amide bonds. The van der Waals surface area contributed by atoms with Crippen molar-refractivity contribution in [3.05, 3.63) is 130 Å². The number of fused-ring (bicyclic) bond motifs is 2. The summed E-state index contributed by atoms with van der Waals surface area (Å²) in [5.41, 5.74) is 4.52. The molecule has 0 bridgehead atoms. The van der Waals surface area contributed by atoms with Crippen molar-refractivity contribution in [3.8, 4) is 5.75 Å². The molecule has 1 atom stereocenters. The smallest absolute Gasteiger partial charge is 0.338 e. The lowest BCUT2D eigenvalue weighted by Gasteiger charge is -2.25. The Bertz CT molecular complexity index is 2160. The molecule has 44 heavy (non-hydrogen) atoms. The van der Waals surface area contributed by atoms with Crippen molar-refractivity contribution in [3.63, 3.8) is 0 Å². The lowest BCUT2D eigenvalue weighted by Crippen LogP contribution is -2.40. The van der Waals surface area contributed by atoms with Gasteiger partial charge in [-0.3, -0.25) is 9.36 Å². The van der Waals surface area contributed by atoms with Crippen molar-refractivity contribution in [2.24, 2.45) is 4.99 Å². The molecule has 0 fully saturated rings. The van der Waals surface area contributed by atoms with Gasteiger partial charge in [-0.25, -0.2) is 14.2 Å². The van der Waals surface area contributed by atoms with E-state index in [4.69, 9.17) is 14.5 Å². The van der Waals surface area contributed by atoms with E-state index in [1.165, 1.54) is 17.4 Å². The molecule has 2 aromatic heterocycles. The van der Waals surface area contributed by atoms with Crippen LogP contribution < -0.4 is 19.6 Å². The molecule has 0 saturated heterocycles. The first kappa shape index (κ1) is 29.8. The molecule has 7 nitrogen and oxygen atoms in total. The van der Waals surface area contributed by atoms with Gasteiger partial charge in [0, 0.05) is 27.7 Å². The van der Waals surface area contributed by atoms with Gasteiger partial charge in [0.05, 0.1) is 46.6 Å². The molecule has 224 valence electrons. The average Bonchev–Trinajstić information content (AvgIpc) is 3.46. The first-order chi connectivity index (χ1) is 21.2. The summed E-state index contributed by atoms with van der Waals surface area (Å²) in [5, 5.41) is 0.950. The van der Waals surface area contributed by atoms with E-state index in [1.807, 2.05) is 55.5 Å². The van der Waals surface area contributed by atoms with E-state index in [1.54, 1.807) is 43.7 Å². The highest BCUT2D eigenvalue weighted by Gasteiger charge is 2.33. The first-order valence-electron chi connectivity index (χ1n) is 14.1. The Morgan fingerprint density at radius 1 is 1.11 bits per heavy atom. The van der Waals surface area contributed by atoms with Crippen molar-refractivity contribution >= 4 is 50.2 Å². The maximum atomic E-state index is 14.6. The molecule has 1 aliphatic rings. The van der Waals surface area contributed by atoms with Gasteiger partial charge >= 0.3 is 5.97 Å². The second kappa shape index (κ2) is 12.0. The van der Waals surface area contributed by atoms with Crippen molar-refractivity contribution < 1.29 is 18.7 Å². The summed E-state index contributed by atoms with van der Waals surface area (Å²) in [6.07, 6.45) is 1.88. The molecule has 0 unspecified atom stereocenters. The predicted molar refractivity (Wildman–Crippen MR) is 173 cm³/mol. The van der Waals surface area contributed by atoms with Gasteiger partial charge in [-0.15, -0.1) is 0 Å². The minimum Gasteiger partial charge on any atom is -0.496 e.